The van der Waals surface area contributed by atoms with Gasteiger partial charge in [0, 0.05) is 13.2 Å². The molecule has 2 rings (SSSR count). The lowest BCUT2D eigenvalue weighted by atomic mass is 10.1. The Labute approximate surface area is 129 Å². The third kappa shape index (κ3) is 5.19. The van der Waals surface area contributed by atoms with Crippen molar-refractivity contribution in [1.82, 2.24) is 10.6 Å². The van der Waals surface area contributed by atoms with Crippen LogP contribution in [-0.2, 0) is 4.74 Å². The van der Waals surface area contributed by atoms with Gasteiger partial charge in [-0.05, 0) is 50.6 Å². The molecule has 0 aliphatic carbocycles. The zero-order valence-corrected chi connectivity index (χ0v) is 12.7. The van der Waals surface area contributed by atoms with Crippen LogP contribution in [0.15, 0.2) is 18.2 Å². The Morgan fingerprint density at radius 2 is 2.19 bits per heavy atom. The summed E-state index contributed by atoms with van der Waals surface area (Å²) in [7, 11) is 0. The molecule has 1 aromatic rings. The quantitative estimate of drug-likeness (QED) is 0.702. The molecule has 21 heavy (non-hydrogen) atoms. The highest BCUT2D eigenvalue weighted by Gasteiger charge is 2.13. The van der Waals surface area contributed by atoms with Crippen LogP contribution in [0, 0.1) is 0 Å². The number of aromatic hydroxyl groups is 1. The van der Waals surface area contributed by atoms with E-state index in [1.54, 1.807) is 0 Å². The van der Waals surface area contributed by atoms with E-state index < -0.39 is 0 Å². The molecule has 116 valence electrons. The van der Waals surface area contributed by atoms with Crippen LogP contribution in [0.5, 0.6) is 5.75 Å². The monoisotopic (exact) mass is 312 g/mol. The second-order valence-corrected chi connectivity index (χ2v) is 5.50. The van der Waals surface area contributed by atoms with Gasteiger partial charge in [0.1, 0.15) is 5.75 Å². The van der Waals surface area contributed by atoms with Gasteiger partial charge in [0.25, 0.3) is 5.91 Å². The van der Waals surface area contributed by atoms with Crippen LogP contribution in [0.1, 0.15) is 29.6 Å². The fourth-order valence-electron chi connectivity index (χ4n) is 2.27. The van der Waals surface area contributed by atoms with Crippen molar-refractivity contribution in [1.29, 1.82) is 0 Å². The van der Waals surface area contributed by atoms with E-state index in [1.807, 2.05) is 0 Å². The molecule has 1 aliphatic heterocycles. The number of phenolic OH excluding ortho intramolecular Hbond substituents is 1. The first-order valence-electron chi connectivity index (χ1n) is 7.26. The minimum absolute atomic E-state index is 0.0267. The van der Waals surface area contributed by atoms with Gasteiger partial charge in [-0.3, -0.25) is 4.79 Å². The summed E-state index contributed by atoms with van der Waals surface area (Å²) >= 11 is 5.93. The van der Waals surface area contributed by atoms with Gasteiger partial charge in [0.2, 0.25) is 0 Å². The molecule has 0 saturated carbocycles. The van der Waals surface area contributed by atoms with E-state index in [-0.39, 0.29) is 17.2 Å². The van der Waals surface area contributed by atoms with Gasteiger partial charge in [0.15, 0.2) is 0 Å². The van der Waals surface area contributed by atoms with Crippen molar-refractivity contribution < 1.29 is 14.6 Å². The Bertz CT molecular complexity index is 476. The maximum atomic E-state index is 11.9. The van der Waals surface area contributed by atoms with Gasteiger partial charge in [0.05, 0.1) is 16.7 Å². The van der Waals surface area contributed by atoms with E-state index in [1.165, 1.54) is 18.2 Å². The molecule has 0 radical (unpaired) electrons. The van der Waals surface area contributed by atoms with Crippen LogP contribution in [-0.4, -0.2) is 43.4 Å². The van der Waals surface area contributed by atoms with Crippen molar-refractivity contribution in [2.45, 2.75) is 25.4 Å². The van der Waals surface area contributed by atoms with E-state index in [9.17, 15) is 9.90 Å². The van der Waals surface area contributed by atoms with Crippen molar-refractivity contribution in [2.24, 2.45) is 0 Å². The summed E-state index contributed by atoms with van der Waals surface area (Å²) in [4.78, 5) is 11.9. The highest BCUT2D eigenvalue weighted by molar-refractivity contribution is 6.33. The molecule has 1 heterocycles. The number of hydrogen-bond donors (Lipinski definition) is 3. The molecule has 1 aliphatic rings. The zero-order chi connectivity index (χ0) is 15.1. The van der Waals surface area contributed by atoms with Gasteiger partial charge in [-0.1, -0.05) is 11.6 Å². The van der Waals surface area contributed by atoms with Crippen LogP contribution in [0.4, 0.5) is 0 Å². The van der Waals surface area contributed by atoms with E-state index in [0.717, 1.165) is 32.4 Å². The number of piperidine rings is 1. The third-order valence-corrected chi connectivity index (χ3v) is 3.77. The van der Waals surface area contributed by atoms with E-state index in [2.05, 4.69) is 10.6 Å². The van der Waals surface area contributed by atoms with Crippen LogP contribution >= 0.6 is 11.6 Å². The van der Waals surface area contributed by atoms with Crippen molar-refractivity contribution in [3.05, 3.63) is 28.8 Å². The van der Waals surface area contributed by atoms with Crippen LogP contribution < -0.4 is 10.6 Å². The summed E-state index contributed by atoms with van der Waals surface area (Å²) in [6.45, 7) is 3.18. The van der Waals surface area contributed by atoms with Crippen molar-refractivity contribution in [2.75, 3.05) is 26.2 Å². The fourth-order valence-corrected chi connectivity index (χ4v) is 2.47. The summed E-state index contributed by atoms with van der Waals surface area (Å²) in [5.41, 5.74) is 0.288. The maximum absolute atomic E-state index is 11.9. The van der Waals surface area contributed by atoms with E-state index >= 15 is 0 Å². The minimum atomic E-state index is -0.280. The first-order valence-corrected chi connectivity index (χ1v) is 7.63. The van der Waals surface area contributed by atoms with Crippen molar-refractivity contribution in [3.63, 3.8) is 0 Å². The maximum Gasteiger partial charge on any atom is 0.252 e. The number of carbonyl (C=O) groups is 1. The van der Waals surface area contributed by atoms with Crippen molar-refractivity contribution >= 4 is 17.5 Å². The first kappa shape index (κ1) is 16.1. The summed E-state index contributed by atoms with van der Waals surface area (Å²) in [6, 6.07) is 4.32. The molecule has 0 unspecified atom stereocenters. The molecule has 0 aromatic heterocycles. The molecule has 0 bridgehead atoms. The largest absolute Gasteiger partial charge is 0.508 e. The molecule has 1 saturated heterocycles. The number of phenols is 1. The Balaban J connectivity index is 1.66. The average molecular weight is 313 g/mol. The van der Waals surface area contributed by atoms with Gasteiger partial charge in [-0.25, -0.2) is 0 Å². The standard InChI is InChI=1S/C15H21ClN2O3/c16-14-3-2-11(19)10-13(14)15(20)18-6-1-9-21-12-4-7-17-8-5-12/h2-3,10,12,17,19H,1,4-9H2,(H,18,20). The second-order valence-electron chi connectivity index (χ2n) is 5.09. The molecule has 1 aromatic carbocycles. The molecule has 0 atom stereocenters. The van der Waals surface area contributed by atoms with Crippen LogP contribution in [0.2, 0.25) is 5.02 Å². The van der Waals surface area contributed by atoms with E-state index in [4.69, 9.17) is 16.3 Å². The van der Waals surface area contributed by atoms with Gasteiger partial charge in [-0.2, -0.15) is 0 Å². The summed E-state index contributed by atoms with van der Waals surface area (Å²) < 4.78 is 5.76. The van der Waals surface area contributed by atoms with Crippen molar-refractivity contribution in [3.8, 4) is 5.75 Å². The van der Waals surface area contributed by atoms with Gasteiger partial charge in [-0.15, -0.1) is 0 Å². The molecule has 6 heteroatoms. The number of amides is 1. The average Bonchev–Trinajstić information content (AvgIpc) is 2.50. The molecule has 5 nitrogen and oxygen atoms in total. The van der Waals surface area contributed by atoms with Crippen LogP contribution in [0.3, 0.4) is 0 Å². The third-order valence-electron chi connectivity index (χ3n) is 3.44. The smallest absolute Gasteiger partial charge is 0.252 e. The lowest BCUT2D eigenvalue weighted by Crippen LogP contribution is -2.33. The SMILES string of the molecule is O=C(NCCCOC1CCNCC1)c1cc(O)ccc1Cl. The normalized spacial score (nSPS) is 15.9. The lowest BCUT2D eigenvalue weighted by Gasteiger charge is -2.22. The van der Waals surface area contributed by atoms with Gasteiger partial charge < -0.3 is 20.5 Å². The van der Waals surface area contributed by atoms with E-state index in [0.29, 0.717) is 24.3 Å². The highest BCUT2D eigenvalue weighted by atomic mass is 35.5. The number of ether oxygens (including phenoxy) is 1. The number of halogens is 1. The summed E-state index contributed by atoms with van der Waals surface area (Å²) in [5, 5.41) is 15.8. The molecular formula is C15H21ClN2O3. The number of carbonyl (C=O) groups excluding carboxylic acids is 1. The first-order chi connectivity index (χ1) is 10.2. The molecule has 0 spiro atoms. The molecule has 1 fully saturated rings. The predicted molar refractivity (Wildman–Crippen MR) is 81.9 cm³/mol. The number of nitrogens with one attached hydrogen (secondary N) is 2. The molecular weight excluding hydrogens is 292 g/mol. The van der Waals surface area contributed by atoms with Crippen LogP contribution in [0.25, 0.3) is 0 Å². The second kappa shape index (κ2) is 8.22. The molecule has 3 N–H and O–H groups in total. The highest BCUT2D eigenvalue weighted by Crippen LogP contribution is 2.20. The Kier molecular flexibility index (Phi) is 6.29. The number of rotatable bonds is 6. The fraction of sp³-hybridized carbons (Fsp3) is 0.533. The molecule has 1 amide bonds. The minimum Gasteiger partial charge on any atom is -0.508 e. The summed E-state index contributed by atoms with van der Waals surface area (Å²) in [5.74, 6) is -0.253. The topological polar surface area (TPSA) is 70.6 Å². The van der Waals surface area contributed by atoms with Gasteiger partial charge >= 0.3 is 0 Å². The Morgan fingerprint density at radius 1 is 1.43 bits per heavy atom. The predicted octanol–water partition coefficient (Wildman–Crippen LogP) is 1.93. The summed E-state index contributed by atoms with van der Waals surface area (Å²) in [6.07, 6.45) is 3.19. The lowest BCUT2D eigenvalue weighted by molar-refractivity contribution is 0.0318. The number of benzene rings is 1. The Hall–Kier alpha value is -1.30. The number of hydrogen-bond acceptors (Lipinski definition) is 4. The Morgan fingerprint density at radius 3 is 2.95 bits per heavy atom. The zero-order valence-electron chi connectivity index (χ0n) is 11.9.